The number of nitrogens with one attached hydrogen (secondary N) is 1. The number of hydrogen-bond donors (Lipinski definition) is 2. The summed E-state index contributed by atoms with van der Waals surface area (Å²) < 4.78 is 0.962. The Morgan fingerprint density at radius 2 is 1.90 bits per heavy atom. The summed E-state index contributed by atoms with van der Waals surface area (Å²) in [4.78, 5) is 23.2. The molecule has 0 bridgehead atoms. The topological polar surface area (TPSA) is 66.4 Å². The van der Waals surface area contributed by atoms with Crippen molar-refractivity contribution in [2.45, 2.75) is 12.5 Å². The number of fused-ring (bicyclic) bond motifs is 1. The number of rotatable bonds is 5. The Hall–Kier alpha value is -2.14. The second-order valence-electron chi connectivity index (χ2n) is 4.59. The molecule has 5 heteroatoms. The molecule has 0 aromatic heterocycles. The number of carboxylic acid groups (broad SMARTS) is 1. The molecule has 0 saturated carbocycles. The van der Waals surface area contributed by atoms with Gasteiger partial charge in [0, 0.05) is 10.0 Å². The van der Waals surface area contributed by atoms with E-state index in [0.717, 1.165) is 15.2 Å². The molecule has 2 aromatic rings. The van der Waals surface area contributed by atoms with Gasteiger partial charge in [0.1, 0.15) is 6.04 Å². The van der Waals surface area contributed by atoms with Crippen LogP contribution in [-0.2, 0) is 4.79 Å². The van der Waals surface area contributed by atoms with Gasteiger partial charge in [-0.3, -0.25) is 4.79 Å². The third kappa shape index (κ3) is 3.70. The summed E-state index contributed by atoms with van der Waals surface area (Å²) in [5.41, 5.74) is 0.431. The van der Waals surface area contributed by atoms with Crippen LogP contribution in [0.15, 0.2) is 53.5 Å². The number of carbonyl (C=O) groups is 2. The van der Waals surface area contributed by atoms with Crippen LogP contribution in [0.5, 0.6) is 0 Å². The minimum atomic E-state index is -1.08. The molecule has 0 spiro atoms. The van der Waals surface area contributed by atoms with Gasteiger partial charge in [0.25, 0.3) is 5.91 Å². The van der Waals surface area contributed by atoms with Gasteiger partial charge in [-0.05, 0) is 41.5 Å². The molecule has 21 heavy (non-hydrogen) atoms. The highest BCUT2D eigenvalue weighted by molar-refractivity contribution is 9.10. The average Bonchev–Trinajstić information content (AvgIpc) is 2.45. The highest BCUT2D eigenvalue weighted by atomic mass is 79.9. The molecular formula is C16H14BrNO3. The summed E-state index contributed by atoms with van der Waals surface area (Å²) in [6.07, 6.45) is 1.65. The van der Waals surface area contributed by atoms with Crippen molar-refractivity contribution in [3.8, 4) is 0 Å². The van der Waals surface area contributed by atoms with Crippen molar-refractivity contribution in [1.82, 2.24) is 5.32 Å². The van der Waals surface area contributed by atoms with Crippen molar-refractivity contribution in [3.05, 3.63) is 59.1 Å². The first-order valence-corrected chi connectivity index (χ1v) is 7.14. The second kappa shape index (κ2) is 6.54. The van der Waals surface area contributed by atoms with E-state index in [1.54, 1.807) is 12.1 Å². The molecule has 2 rings (SSSR count). The molecule has 0 aliphatic carbocycles. The largest absolute Gasteiger partial charge is 0.480 e. The average molecular weight is 348 g/mol. The van der Waals surface area contributed by atoms with Crippen LogP contribution < -0.4 is 5.32 Å². The Kier molecular flexibility index (Phi) is 4.75. The van der Waals surface area contributed by atoms with Crippen LogP contribution in [0, 0.1) is 0 Å². The van der Waals surface area contributed by atoms with Gasteiger partial charge in [-0.1, -0.05) is 34.1 Å². The summed E-state index contributed by atoms with van der Waals surface area (Å²) >= 11 is 3.39. The van der Waals surface area contributed by atoms with Gasteiger partial charge >= 0.3 is 5.97 Å². The maximum absolute atomic E-state index is 12.1. The molecule has 0 saturated heterocycles. The summed E-state index contributed by atoms with van der Waals surface area (Å²) in [5, 5.41) is 13.4. The molecule has 0 fully saturated rings. The fourth-order valence-electron chi connectivity index (χ4n) is 1.99. The van der Waals surface area contributed by atoms with E-state index in [1.807, 2.05) is 24.3 Å². The fourth-order valence-corrected chi connectivity index (χ4v) is 2.37. The van der Waals surface area contributed by atoms with Crippen LogP contribution in [-0.4, -0.2) is 23.0 Å². The van der Waals surface area contributed by atoms with E-state index in [1.165, 1.54) is 6.08 Å². The highest BCUT2D eigenvalue weighted by Gasteiger charge is 2.19. The molecule has 0 heterocycles. The summed E-state index contributed by atoms with van der Waals surface area (Å²) in [5.74, 6) is -1.48. The SMILES string of the molecule is C=CCC(NC(=O)c1ccc2cc(Br)ccc2c1)C(=O)O. The molecule has 108 valence electrons. The van der Waals surface area contributed by atoms with Gasteiger partial charge < -0.3 is 10.4 Å². The maximum atomic E-state index is 12.1. The van der Waals surface area contributed by atoms with Gasteiger partial charge in [-0.15, -0.1) is 6.58 Å². The monoisotopic (exact) mass is 347 g/mol. The molecule has 0 radical (unpaired) electrons. The van der Waals surface area contributed by atoms with Gasteiger partial charge in [-0.25, -0.2) is 4.79 Å². The first-order chi connectivity index (χ1) is 10.0. The maximum Gasteiger partial charge on any atom is 0.326 e. The van der Waals surface area contributed by atoms with Crippen LogP contribution >= 0.6 is 15.9 Å². The van der Waals surface area contributed by atoms with Gasteiger partial charge in [0.05, 0.1) is 0 Å². The normalized spacial score (nSPS) is 11.9. The summed E-state index contributed by atoms with van der Waals surface area (Å²) in [6.45, 7) is 3.49. The third-order valence-corrected chi connectivity index (χ3v) is 3.56. The molecule has 1 atom stereocenters. The van der Waals surface area contributed by atoms with Crippen molar-refractivity contribution in [1.29, 1.82) is 0 Å². The van der Waals surface area contributed by atoms with Crippen molar-refractivity contribution in [2.24, 2.45) is 0 Å². The zero-order chi connectivity index (χ0) is 15.4. The smallest absolute Gasteiger partial charge is 0.326 e. The minimum absolute atomic E-state index is 0.182. The molecule has 4 nitrogen and oxygen atoms in total. The number of halogens is 1. The van der Waals surface area contributed by atoms with Crippen molar-refractivity contribution in [3.63, 3.8) is 0 Å². The second-order valence-corrected chi connectivity index (χ2v) is 5.51. The van der Waals surface area contributed by atoms with E-state index in [4.69, 9.17) is 5.11 Å². The number of amides is 1. The Morgan fingerprint density at radius 3 is 2.57 bits per heavy atom. The van der Waals surface area contributed by atoms with Crippen molar-refractivity contribution < 1.29 is 14.7 Å². The molecule has 1 amide bonds. The van der Waals surface area contributed by atoms with Gasteiger partial charge in [0.2, 0.25) is 0 Å². The first kappa shape index (κ1) is 15.3. The van der Waals surface area contributed by atoms with Crippen molar-refractivity contribution >= 4 is 38.6 Å². The van der Waals surface area contributed by atoms with Gasteiger partial charge in [-0.2, -0.15) is 0 Å². The lowest BCUT2D eigenvalue weighted by molar-refractivity contribution is -0.139. The number of hydrogen-bond acceptors (Lipinski definition) is 2. The van der Waals surface area contributed by atoms with E-state index in [-0.39, 0.29) is 6.42 Å². The van der Waals surface area contributed by atoms with Crippen LogP contribution in [0.4, 0.5) is 0 Å². The zero-order valence-corrected chi connectivity index (χ0v) is 12.8. The van der Waals surface area contributed by atoms with Crippen LogP contribution in [0.1, 0.15) is 16.8 Å². The minimum Gasteiger partial charge on any atom is -0.480 e. The van der Waals surface area contributed by atoms with Gasteiger partial charge in [0.15, 0.2) is 0 Å². The van der Waals surface area contributed by atoms with E-state index in [2.05, 4.69) is 27.8 Å². The quantitative estimate of drug-likeness (QED) is 0.815. The predicted molar refractivity (Wildman–Crippen MR) is 85.4 cm³/mol. The lowest BCUT2D eigenvalue weighted by Gasteiger charge is -2.12. The van der Waals surface area contributed by atoms with E-state index in [9.17, 15) is 9.59 Å². The summed E-state index contributed by atoms with van der Waals surface area (Å²) in [6, 6.07) is 10.0. The molecule has 0 aliphatic heterocycles. The van der Waals surface area contributed by atoms with E-state index in [0.29, 0.717) is 5.56 Å². The molecular weight excluding hydrogens is 334 g/mol. The molecule has 0 aliphatic rings. The standard InChI is InChI=1S/C16H14BrNO3/c1-2-3-14(16(20)21)18-15(19)12-5-4-11-9-13(17)7-6-10(11)8-12/h2,4-9,14H,1,3H2,(H,18,19)(H,20,21). The Labute approximate surface area is 130 Å². The number of carbonyl (C=O) groups excluding carboxylic acids is 1. The van der Waals surface area contributed by atoms with Crippen LogP contribution in [0.25, 0.3) is 10.8 Å². The highest BCUT2D eigenvalue weighted by Crippen LogP contribution is 2.21. The first-order valence-electron chi connectivity index (χ1n) is 6.35. The zero-order valence-electron chi connectivity index (χ0n) is 11.2. The Balaban J connectivity index is 2.24. The van der Waals surface area contributed by atoms with E-state index < -0.39 is 17.9 Å². The Morgan fingerprint density at radius 1 is 1.24 bits per heavy atom. The Bertz CT molecular complexity index is 712. The number of carboxylic acids is 1. The third-order valence-electron chi connectivity index (χ3n) is 3.07. The lowest BCUT2D eigenvalue weighted by Crippen LogP contribution is -2.40. The summed E-state index contributed by atoms with van der Waals surface area (Å²) in [7, 11) is 0. The molecule has 2 aromatic carbocycles. The van der Waals surface area contributed by atoms with Crippen LogP contribution in [0.3, 0.4) is 0 Å². The van der Waals surface area contributed by atoms with E-state index >= 15 is 0 Å². The number of aliphatic carboxylic acids is 1. The number of benzene rings is 2. The fraction of sp³-hybridized carbons (Fsp3) is 0.125. The molecule has 1 unspecified atom stereocenters. The van der Waals surface area contributed by atoms with Crippen molar-refractivity contribution in [2.75, 3.05) is 0 Å². The van der Waals surface area contributed by atoms with Crippen LogP contribution in [0.2, 0.25) is 0 Å². The molecule has 2 N–H and O–H groups in total. The predicted octanol–water partition coefficient (Wildman–Crippen LogP) is 3.36. The lowest BCUT2D eigenvalue weighted by atomic mass is 10.1.